The van der Waals surface area contributed by atoms with Gasteiger partial charge in [-0.05, 0) is 143 Å². The maximum atomic E-state index is 13.8. The Bertz CT molecular complexity index is 1270. The quantitative estimate of drug-likeness (QED) is 0.0407. The van der Waals surface area contributed by atoms with Crippen LogP contribution in [0.3, 0.4) is 0 Å². The van der Waals surface area contributed by atoms with Gasteiger partial charge in [0.1, 0.15) is 6.10 Å². The van der Waals surface area contributed by atoms with E-state index in [1.807, 2.05) is 4.90 Å². The zero-order valence-electron chi connectivity index (χ0n) is 40.9. The van der Waals surface area contributed by atoms with Crippen molar-refractivity contribution in [3.05, 3.63) is 11.6 Å². The van der Waals surface area contributed by atoms with Gasteiger partial charge in [0, 0.05) is 26.1 Å². The number of carbonyl (C=O) groups excluding carboxylic acids is 2. The first kappa shape index (κ1) is 52.0. The molecule has 4 aliphatic rings. The van der Waals surface area contributed by atoms with Gasteiger partial charge >= 0.3 is 6.09 Å². The van der Waals surface area contributed by atoms with Crippen molar-refractivity contribution in [2.24, 2.45) is 57.8 Å². The molecule has 61 heavy (non-hydrogen) atoms. The molecule has 0 aromatic rings. The summed E-state index contributed by atoms with van der Waals surface area (Å²) in [6.45, 7) is 18.5. The van der Waals surface area contributed by atoms with Crippen LogP contribution in [0.25, 0.3) is 0 Å². The minimum absolute atomic E-state index is 0.0615. The van der Waals surface area contributed by atoms with Crippen LogP contribution in [0.4, 0.5) is 4.79 Å². The lowest BCUT2D eigenvalue weighted by molar-refractivity contribution is -0.123. The van der Waals surface area contributed by atoms with Gasteiger partial charge in [-0.3, -0.25) is 4.79 Å². The number of nitrogens with two attached hydrogens (primary N) is 2. The van der Waals surface area contributed by atoms with E-state index in [2.05, 4.69) is 58.3 Å². The molecule has 0 radical (unpaired) electrons. The maximum absolute atomic E-state index is 13.8. The summed E-state index contributed by atoms with van der Waals surface area (Å²) in [6, 6.07) is -0.291. The van der Waals surface area contributed by atoms with Crippen LogP contribution >= 0.6 is 0 Å². The number of carbonyl (C=O) groups is 2. The predicted octanol–water partition coefficient (Wildman–Crippen LogP) is 12.1. The fraction of sp³-hybridized carbons (Fsp3) is 0.925. The molecule has 1 unspecified atom stereocenters. The predicted molar refractivity (Wildman–Crippen MR) is 257 cm³/mol. The third-order valence-corrected chi connectivity index (χ3v) is 16.8. The van der Waals surface area contributed by atoms with E-state index in [9.17, 15) is 9.59 Å². The summed E-state index contributed by atoms with van der Waals surface area (Å²) in [6.07, 6.45) is 34.8. The first-order valence-corrected chi connectivity index (χ1v) is 26.5. The van der Waals surface area contributed by atoms with Crippen LogP contribution in [0.1, 0.15) is 215 Å². The Morgan fingerprint density at radius 3 is 2.10 bits per heavy atom. The second kappa shape index (κ2) is 27.6. The van der Waals surface area contributed by atoms with Crippen LogP contribution < -0.4 is 22.1 Å². The highest BCUT2D eigenvalue weighted by Crippen LogP contribution is 2.67. The largest absolute Gasteiger partial charge is 0.446 e. The summed E-state index contributed by atoms with van der Waals surface area (Å²) >= 11 is 0. The average Bonchev–Trinajstić information content (AvgIpc) is 3.60. The molecule has 8 nitrogen and oxygen atoms in total. The second-order valence-corrected chi connectivity index (χ2v) is 21.6. The Morgan fingerprint density at radius 1 is 0.754 bits per heavy atom. The van der Waals surface area contributed by atoms with Crippen LogP contribution in [0.5, 0.6) is 0 Å². The first-order chi connectivity index (χ1) is 29.5. The minimum Gasteiger partial charge on any atom is -0.446 e. The highest BCUT2D eigenvalue weighted by atomic mass is 16.6. The number of unbranched alkanes of at least 4 members (excludes halogenated alkanes) is 11. The van der Waals surface area contributed by atoms with Crippen molar-refractivity contribution in [2.75, 3.05) is 39.3 Å². The number of nitrogens with zero attached hydrogens (tertiary/aromatic N) is 1. The monoisotopic (exact) mass is 854 g/mol. The Hall–Kier alpha value is -1.64. The summed E-state index contributed by atoms with van der Waals surface area (Å²) in [5, 5.41) is 6.66. The maximum Gasteiger partial charge on any atom is 0.410 e. The van der Waals surface area contributed by atoms with Gasteiger partial charge in [-0.15, -0.1) is 0 Å². The van der Waals surface area contributed by atoms with Crippen LogP contribution in [0.15, 0.2) is 11.6 Å². The molecule has 4 rings (SSSR count). The van der Waals surface area contributed by atoms with Gasteiger partial charge in [0.15, 0.2) is 0 Å². The van der Waals surface area contributed by atoms with E-state index in [1.54, 1.807) is 5.57 Å². The number of hydrogen-bond acceptors (Lipinski definition) is 6. The lowest BCUT2D eigenvalue weighted by Gasteiger charge is -2.58. The highest BCUT2D eigenvalue weighted by molar-refractivity contribution is 5.81. The molecule has 2 amide bonds. The van der Waals surface area contributed by atoms with Gasteiger partial charge < -0.3 is 31.7 Å². The van der Waals surface area contributed by atoms with Gasteiger partial charge in [0.05, 0.1) is 6.04 Å². The van der Waals surface area contributed by atoms with Gasteiger partial charge in [0.2, 0.25) is 5.91 Å². The SMILES string of the molecule is CCCCCCCCCCCCCCNC(=O)C(CCCN(CCCN)C(=O)O[C@H]1CC[C@@]2(C)C(=CC[C@H]3[C@@H]4CC[C@H]([C@H](C)CCCC(C)C)[C@@]4(C)CC[C@@H]32)C1)NCCCN. The Balaban J connectivity index is 1.22. The Labute approximate surface area is 376 Å². The summed E-state index contributed by atoms with van der Waals surface area (Å²) < 4.78 is 6.36. The zero-order chi connectivity index (χ0) is 44.1. The van der Waals surface area contributed by atoms with Crippen molar-refractivity contribution in [3.63, 3.8) is 0 Å². The molecular weight excluding hydrogens is 755 g/mol. The first-order valence-electron chi connectivity index (χ1n) is 26.5. The Kier molecular flexibility index (Phi) is 23.6. The van der Waals surface area contributed by atoms with E-state index in [0.717, 1.165) is 93.4 Å². The topological polar surface area (TPSA) is 123 Å². The number of amides is 2. The van der Waals surface area contributed by atoms with Crippen LogP contribution in [0.2, 0.25) is 0 Å². The molecule has 4 aliphatic carbocycles. The molecule has 0 aromatic heterocycles. The Morgan fingerprint density at radius 2 is 1.43 bits per heavy atom. The summed E-state index contributed by atoms with van der Waals surface area (Å²) in [5.74, 6) is 5.00. The summed E-state index contributed by atoms with van der Waals surface area (Å²) in [7, 11) is 0. The number of fused-ring (bicyclic) bond motifs is 5. The van der Waals surface area contributed by atoms with Gasteiger partial charge in [-0.25, -0.2) is 4.79 Å². The molecule has 8 heteroatoms. The minimum atomic E-state index is -0.291. The van der Waals surface area contributed by atoms with Crippen molar-refractivity contribution < 1.29 is 14.3 Å². The summed E-state index contributed by atoms with van der Waals surface area (Å²) in [4.78, 5) is 29.0. The molecule has 9 atom stereocenters. The molecule has 3 fully saturated rings. The van der Waals surface area contributed by atoms with Crippen LogP contribution in [0, 0.1) is 46.3 Å². The van der Waals surface area contributed by atoms with Gasteiger partial charge in [-0.2, -0.15) is 0 Å². The molecule has 0 spiro atoms. The second-order valence-electron chi connectivity index (χ2n) is 21.6. The van der Waals surface area contributed by atoms with Gasteiger partial charge in [0.25, 0.3) is 0 Å². The lowest BCUT2D eigenvalue weighted by atomic mass is 9.47. The summed E-state index contributed by atoms with van der Waals surface area (Å²) in [5.41, 5.74) is 14.0. The molecule has 0 aromatic carbocycles. The van der Waals surface area contributed by atoms with E-state index in [-0.39, 0.29) is 29.6 Å². The molecule has 354 valence electrons. The molecule has 0 saturated heterocycles. The highest BCUT2D eigenvalue weighted by Gasteiger charge is 2.59. The fourth-order valence-electron chi connectivity index (χ4n) is 13.0. The molecule has 0 aliphatic heterocycles. The normalized spacial score (nSPS) is 28.1. The smallest absolute Gasteiger partial charge is 0.410 e. The molecular formula is C53H99N5O3. The third-order valence-electron chi connectivity index (χ3n) is 16.8. The number of nitrogens with one attached hydrogen (secondary N) is 2. The number of allylic oxidation sites excluding steroid dienone is 1. The van der Waals surface area contributed by atoms with Crippen molar-refractivity contribution in [2.45, 2.75) is 227 Å². The molecule has 6 N–H and O–H groups in total. The third kappa shape index (κ3) is 15.8. The van der Waals surface area contributed by atoms with Crippen molar-refractivity contribution >= 4 is 12.0 Å². The van der Waals surface area contributed by atoms with E-state index < -0.39 is 0 Å². The van der Waals surface area contributed by atoms with E-state index in [1.165, 1.54) is 116 Å². The average molecular weight is 854 g/mol. The zero-order valence-corrected chi connectivity index (χ0v) is 40.9. The van der Waals surface area contributed by atoms with Crippen molar-refractivity contribution in [3.8, 4) is 0 Å². The molecule has 0 bridgehead atoms. The molecule has 3 saturated carbocycles. The fourth-order valence-corrected chi connectivity index (χ4v) is 13.0. The van der Waals surface area contributed by atoms with Crippen LogP contribution in [-0.4, -0.2) is 68.3 Å². The van der Waals surface area contributed by atoms with Crippen molar-refractivity contribution in [1.82, 2.24) is 15.5 Å². The molecule has 0 heterocycles. The standard InChI is InChI=1S/C53H99N5O3/c1-7-8-9-10-11-12-13-14-15-16-17-18-36-57-50(59)49(56-37-21-34-54)25-20-38-58(39-22-35-55)51(60)61-44-30-32-52(5)43(40-44)26-27-45-47-29-28-46(42(4)24-19-23-41(2)3)53(47,6)33-31-48(45)52/h26,41-42,44-49,56H,7-25,27-40,54-55H2,1-6H3,(H,57,59)/t42-,44+,45+,46-,47+,48+,49?,52+,53-/m1/s1. The number of rotatable bonds is 31. The van der Waals surface area contributed by atoms with E-state index >= 15 is 0 Å². The number of hydrogen-bond donors (Lipinski definition) is 4. The van der Waals surface area contributed by atoms with Crippen molar-refractivity contribution in [1.29, 1.82) is 0 Å². The van der Waals surface area contributed by atoms with Gasteiger partial charge in [-0.1, -0.05) is 143 Å². The number of ether oxygens (including phenoxy) is 1. The lowest BCUT2D eigenvalue weighted by Crippen LogP contribution is -2.51. The van der Waals surface area contributed by atoms with E-state index in [4.69, 9.17) is 16.2 Å². The van der Waals surface area contributed by atoms with E-state index in [0.29, 0.717) is 44.6 Å². The van der Waals surface area contributed by atoms with Crippen LogP contribution in [-0.2, 0) is 9.53 Å².